The molecule has 0 N–H and O–H groups in total. The summed E-state index contributed by atoms with van der Waals surface area (Å²) in [5.74, 6) is 6.05. The van der Waals surface area contributed by atoms with E-state index in [9.17, 15) is 13.2 Å². The molecule has 0 amide bonds. The van der Waals surface area contributed by atoms with Crippen molar-refractivity contribution in [1.29, 1.82) is 0 Å². The fraction of sp³-hybridized carbons (Fsp3) is 0.111. The molecule has 8 heteroatoms. The summed E-state index contributed by atoms with van der Waals surface area (Å²) in [6.45, 7) is 0.537. The number of benzene rings is 3. The highest BCUT2D eigenvalue weighted by atomic mass is 35.5. The minimum absolute atomic E-state index is 0.108. The number of nitrogens with zero attached hydrogens (tertiary/aromatic N) is 2. The molecule has 0 saturated heterocycles. The lowest BCUT2D eigenvalue weighted by atomic mass is 10.1. The van der Waals surface area contributed by atoms with E-state index in [0.717, 1.165) is 23.3 Å². The van der Waals surface area contributed by atoms with Gasteiger partial charge in [-0.3, -0.25) is 0 Å². The van der Waals surface area contributed by atoms with E-state index in [-0.39, 0.29) is 35.4 Å². The second-order valence-corrected chi connectivity index (χ2v) is 7.80. The zero-order valence-electron chi connectivity index (χ0n) is 18.2. The number of rotatable bonds is 6. The standard InChI is InChI=1S/C27H18ClF3N2O2/c28-24-15-22(27(29,30)31)13-11-21(24)12-14-23-16-25(34-17-19-7-3-1-4-8-19)26(33-32-23)35-18-20-9-5-2-6-10-20/h1-11,13,15-16H,17-18H2. The first-order chi connectivity index (χ1) is 16.9. The first-order valence-electron chi connectivity index (χ1n) is 10.5. The second-order valence-electron chi connectivity index (χ2n) is 7.39. The maximum Gasteiger partial charge on any atom is 0.416 e. The Morgan fingerprint density at radius 1 is 0.743 bits per heavy atom. The van der Waals surface area contributed by atoms with Gasteiger partial charge >= 0.3 is 6.18 Å². The molecule has 0 saturated carbocycles. The van der Waals surface area contributed by atoms with Crippen LogP contribution in [0.4, 0.5) is 13.2 Å². The SMILES string of the molecule is FC(F)(F)c1ccc(C#Cc2cc(OCc3ccccc3)c(OCc3ccccc3)nn2)c(Cl)c1. The summed E-state index contributed by atoms with van der Waals surface area (Å²) in [7, 11) is 0. The molecule has 35 heavy (non-hydrogen) atoms. The van der Waals surface area contributed by atoms with Crippen LogP contribution in [0.5, 0.6) is 11.6 Å². The number of halogens is 4. The van der Waals surface area contributed by atoms with Crippen molar-refractivity contribution in [2.24, 2.45) is 0 Å². The largest absolute Gasteiger partial charge is 0.483 e. The van der Waals surface area contributed by atoms with Gasteiger partial charge in [0, 0.05) is 11.6 Å². The van der Waals surface area contributed by atoms with Gasteiger partial charge in [-0.2, -0.15) is 13.2 Å². The zero-order chi connectivity index (χ0) is 24.7. The first kappa shape index (κ1) is 24.1. The van der Waals surface area contributed by atoms with Crippen molar-refractivity contribution in [2.75, 3.05) is 0 Å². The highest BCUT2D eigenvalue weighted by molar-refractivity contribution is 6.31. The molecule has 0 atom stereocenters. The van der Waals surface area contributed by atoms with E-state index in [0.29, 0.717) is 5.75 Å². The monoisotopic (exact) mass is 494 g/mol. The van der Waals surface area contributed by atoms with E-state index in [1.165, 1.54) is 6.07 Å². The summed E-state index contributed by atoms with van der Waals surface area (Å²) in [6, 6.07) is 23.7. The molecule has 4 rings (SSSR count). The lowest BCUT2D eigenvalue weighted by Crippen LogP contribution is -2.05. The van der Waals surface area contributed by atoms with Crippen LogP contribution in [-0.4, -0.2) is 10.2 Å². The van der Waals surface area contributed by atoms with Crippen molar-refractivity contribution in [1.82, 2.24) is 10.2 Å². The van der Waals surface area contributed by atoms with Crippen molar-refractivity contribution < 1.29 is 22.6 Å². The van der Waals surface area contributed by atoms with E-state index in [4.69, 9.17) is 21.1 Å². The van der Waals surface area contributed by atoms with Gasteiger partial charge in [-0.15, -0.1) is 10.2 Å². The lowest BCUT2D eigenvalue weighted by molar-refractivity contribution is -0.137. The molecule has 0 aliphatic rings. The number of alkyl halides is 3. The van der Waals surface area contributed by atoms with Gasteiger partial charge in [-0.25, -0.2) is 0 Å². The Morgan fingerprint density at radius 3 is 1.97 bits per heavy atom. The molecule has 0 unspecified atom stereocenters. The Balaban J connectivity index is 1.57. The Bertz CT molecular complexity index is 1350. The van der Waals surface area contributed by atoms with Gasteiger partial charge in [-0.1, -0.05) is 78.2 Å². The van der Waals surface area contributed by atoms with Gasteiger partial charge in [0.1, 0.15) is 18.9 Å². The topological polar surface area (TPSA) is 44.2 Å². The summed E-state index contributed by atoms with van der Waals surface area (Å²) < 4.78 is 50.3. The van der Waals surface area contributed by atoms with Crippen molar-refractivity contribution in [3.8, 4) is 23.5 Å². The molecule has 4 aromatic rings. The maximum atomic E-state index is 12.9. The van der Waals surface area contributed by atoms with E-state index in [1.54, 1.807) is 6.07 Å². The van der Waals surface area contributed by atoms with Crippen LogP contribution in [0.2, 0.25) is 5.02 Å². The minimum Gasteiger partial charge on any atom is -0.483 e. The van der Waals surface area contributed by atoms with Crippen LogP contribution >= 0.6 is 11.6 Å². The number of hydrogen-bond donors (Lipinski definition) is 0. The Morgan fingerprint density at radius 2 is 1.37 bits per heavy atom. The molecular formula is C27H18ClF3N2O2. The normalized spacial score (nSPS) is 10.9. The first-order valence-corrected chi connectivity index (χ1v) is 10.9. The van der Waals surface area contributed by atoms with Gasteiger partial charge < -0.3 is 9.47 Å². The van der Waals surface area contributed by atoms with E-state index >= 15 is 0 Å². The summed E-state index contributed by atoms with van der Waals surface area (Å²) in [4.78, 5) is 0. The summed E-state index contributed by atoms with van der Waals surface area (Å²) in [6.07, 6.45) is -4.48. The van der Waals surface area contributed by atoms with Gasteiger partial charge in [0.15, 0.2) is 5.75 Å². The molecule has 1 aromatic heterocycles. The Labute approximate surface area is 205 Å². The summed E-state index contributed by atoms with van der Waals surface area (Å²) in [5, 5.41) is 8.05. The zero-order valence-corrected chi connectivity index (χ0v) is 19.0. The van der Waals surface area contributed by atoms with Crippen LogP contribution in [0.1, 0.15) is 27.9 Å². The Hall–Kier alpha value is -4.02. The quantitative estimate of drug-likeness (QED) is 0.279. The van der Waals surface area contributed by atoms with Crippen molar-refractivity contribution in [3.63, 3.8) is 0 Å². The van der Waals surface area contributed by atoms with E-state index in [2.05, 4.69) is 22.0 Å². The highest BCUT2D eigenvalue weighted by Crippen LogP contribution is 2.32. The molecule has 0 aliphatic heterocycles. The van der Waals surface area contributed by atoms with E-state index < -0.39 is 11.7 Å². The molecule has 0 fully saturated rings. The average Bonchev–Trinajstić information content (AvgIpc) is 2.86. The van der Waals surface area contributed by atoms with Crippen molar-refractivity contribution in [2.45, 2.75) is 19.4 Å². The smallest absolute Gasteiger partial charge is 0.416 e. The summed E-state index contributed by atoms with van der Waals surface area (Å²) >= 11 is 5.99. The predicted octanol–water partition coefficient (Wildman–Crippen LogP) is 6.71. The minimum atomic E-state index is -4.48. The second kappa shape index (κ2) is 10.9. The van der Waals surface area contributed by atoms with E-state index in [1.807, 2.05) is 60.7 Å². The average molecular weight is 495 g/mol. The molecule has 0 bridgehead atoms. The van der Waals surface area contributed by atoms with Crippen molar-refractivity contribution >= 4 is 11.6 Å². The molecule has 1 heterocycles. The molecule has 176 valence electrons. The van der Waals surface area contributed by atoms with Crippen LogP contribution in [0.3, 0.4) is 0 Å². The maximum absolute atomic E-state index is 12.9. The number of aromatic nitrogens is 2. The third-order valence-electron chi connectivity index (χ3n) is 4.80. The van der Waals surface area contributed by atoms with Gasteiger partial charge in [0.05, 0.1) is 10.6 Å². The van der Waals surface area contributed by atoms with Crippen molar-refractivity contribution in [3.05, 3.63) is 118 Å². The fourth-order valence-corrected chi connectivity index (χ4v) is 3.24. The van der Waals surface area contributed by atoms with Gasteiger partial charge in [0.2, 0.25) is 0 Å². The van der Waals surface area contributed by atoms with Crippen LogP contribution in [0.25, 0.3) is 0 Å². The molecule has 0 aliphatic carbocycles. The van der Waals surface area contributed by atoms with Gasteiger partial charge in [0.25, 0.3) is 5.88 Å². The summed E-state index contributed by atoms with van der Waals surface area (Å²) in [5.41, 5.74) is 1.53. The molecule has 0 radical (unpaired) electrons. The Kier molecular flexibility index (Phi) is 7.54. The lowest BCUT2D eigenvalue weighted by Gasteiger charge is -2.11. The number of ether oxygens (including phenoxy) is 2. The van der Waals surface area contributed by atoms with Crippen LogP contribution in [-0.2, 0) is 19.4 Å². The third kappa shape index (κ3) is 6.75. The van der Waals surface area contributed by atoms with Crippen LogP contribution < -0.4 is 9.47 Å². The number of hydrogen-bond acceptors (Lipinski definition) is 4. The molecule has 4 nitrogen and oxygen atoms in total. The molecule has 3 aromatic carbocycles. The fourth-order valence-electron chi connectivity index (χ4n) is 3.01. The van der Waals surface area contributed by atoms with Crippen LogP contribution in [0, 0.1) is 11.8 Å². The molecular weight excluding hydrogens is 477 g/mol. The third-order valence-corrected chi connectivity index (χ3v) is 5.12. The highest BCUT2D eigenvalue weighted by Gasteiger charge is 2.30. The predicted molar refractivity (Wildman–Crippen MR) is 126 cm³/mol. The molecule has 0 spiro atoms. The van der Waals surface area contributed by atoms with Crippen LogP contribution in [0.15, 0.2) is 84.9 Å². The van der Waals surface area contributed by atoms with Gasteiger partial charge in [-0.05, 0) is 35.2 Å².